The van der Waals surface area contributed by atoms with Gasteiger partial charge in [0, 0.05) is 6.08 Å². The predicted molar refractivity (Wildman–Crippen MR) is 48.1 cm³/mol. The molecule has 0 unspecified atom stereocenters. The Balaban J connectivity index is 2.74. The number of esters is 1. The Bertz CT molecular complexity index is 339. The number of hydrogen-bond donors (Lipinski definition) is 0. The summed E-state index contributed by atoms with van der Waals surface area (Å²) in [5, 5.41) is 0.284. The van der Waals surface area contributed by atoms with Crippen LogP contribution in [0.15, 0.2) is 18.5 Å². The van der Waals surface area contributed by atoms with Gasteiger partial charge in [0.15, 0.2) is 0 Å². The molecule has 0 fully saturated rings. The van der Waals surface area contributed by atoms with E-state index in [1.165, 1.54) is 31.7 Å². The minimum Gasteiger partial charge on any atom is -0.466 e. The van der Waals surface area contributed by atoms with Gasteiger partial charge in [0.25, 0.3) is 0 Å². The average molecular weight is 199 g/mol. The number of methoxy groups -OCH3 is 1. The van der Waals surface area contributed by atoms with Crippen LogP contribution in [0.2, 0.25) is 5.15 Å². The highest BCUT2D eigenvalue weighted by molar-refractivity contribution is 6.29. The van der Waals surface area contributed by atoms with E-state index >= 15 is 0 Å². The lowest BCUT2D eigenvalue weighted by Gasteiger charge is -1.92. The van der Waals surface area contributed by atoms with Gasteiger partial charge in [-0.1, -0.05) is 11.6 Å². The van der Waals surface area contributed by atoms with Gasteiger partial charge >= 0.3 is 5.97 Å². The van der Waals surface area contributed by atoms with Crippen LogP contribution in [0.1, 0.15) is 5.69 Å². The van der Waals surface area contributed by atoms with Crippen LogP contribution in [0.3, 0.4) is 0 Å². The predicted octanol–water partition coefficient (Wildman–Crippen LogP) is 1.32. The van der Waals surface area contributed by atoms with Crippen molar-refractivity contribution in [2.45, 2.75) is 0 Å². The van der Waals surface area contributed by atoms with Crippen molar-refractivity contribution in [1.29, 1.82) is 0 Å². The first kappa shape index (κ1) is 9.67. The standard InChI is InChI=1S/C8H7ClN2O2/c1-13-8(12)3-2-6-4-10-5-7(9)11-6/h2-5H,1H3/b3-2+. The molecule has 13 heavy (non-hydrogen) atoms. The van der Waals surface area contributed by atoms with Crippen LogP contribution in [0.25, 0.3) is 6.08 Å². The molecule has 68 valence electrons. The molecule has 1 aromatic rings. The molecule has 0 saturated carbocycles. The molecule has 0 amide bonds. The first-order valence-electron chi connectivity index (χ1n) is 3.46. The summed E-state index contributed by atoms with van der Waals surface area (Å²) in [7, 11) is 1.30. The van der Waals surface area contributed by atoms with Gasteiger partial charge in [0.1, 0.15) is 5.15 Å². The molecule has 0 aliphatic heterocycles. The molecule has 0 atom stereocenters. The fourth-order valence-corrected chi connectivity index (χ4v) is 0.812. The van der Waals surface area contributed by atoms with Gasteiger partial charge in [-0.15, -0.1) is 0 Å². The zero-order chi connectivity index (χ0) is 9.68. The molecule has 4 nitrogen and oxygen atoms in total. The molecular formula is C8H7ClN2O2. The largest absolute Gasteiger partial charge is 0.466 e. The molecule has 0 bridgehead atoms. The molecule has 1 aromatic heterocycles. The molecular weight excluding hydrogens is 192 g/mol. The lowest BCUT2D eigenvalue weighted by molar-refractivity contribution is -0.134. The smallest absolute Gasteiger partial charge is 0.330 e. The Morgan fingerprint density at radius 1 is 1.62 bits per heavy atom. The number of halogens is 1. The third-order valence-electron chi connectivity index (χ3n) is 1.22. The summed E-state index contributed by atoms with van der Waals surface area (Å²) in [6.07, 6.45) is 5.63. The normalized spacial score (nSPS) is 10.3. The second kappa shape index (κ2) is 4.57. The molecule has 1 heterocycles. The van der Waals surface area contributed by atoms with Crippen molar-refractivity contribution in [1.82, 2.24) is 9.97 Å². The third kappa shape index (κ3) is 3.21. The van der Waals surface area contributed by atoms with Crippen LogP contribution >= 0.6 is 11.6 Å². The van der Waals surface area contributed by atoms with Gasteiger partial charge in [-0.05, 0) is 6.08 Å². The summed E-state index contributed by atoms with van der Waals surface area (Å²) in [6, 6.07) is 0. The minimum absolute atomic E-state index is 0.284. The number of carbonyl (C=O) groups is 1. The van der Waals surface area contributed by atoms with E-state index in [2.05, 4.69) is 14.7 Å². The zero-order valence-corrected chi connectivity index (χ0v) is 7.65. The average Bonchev–Trinajstić information content (AvgIpc) is 2.14. The SMILES string of the molecule is COC(=O)/C=C/c1cncc(Cl)n1. The molecule has 5 heteroatoms. The van der Waals surface area contributed by atoms with E-state index in [0.717, 1.165) is 0 Å². The van der Waals surface area contributed by atoms with Crippen molar-refractivity contribution in [3.8, 4) is 0 Å². The van der Waals surface area contributed by atoms with E-state index < -0.39 is 5.97 Å². The van der Waals surface area contributed by atoms with Gasteiger partial charge in [0.05, 0.1) is 25.2 Å². The fourth-order valence-electron chi connectivity index (χ4n) is 0.658. The van der Waals surface area contributed by atoms with Gasteiger partial charge in [0.2, 0.25) is 0 Å². The zero-order valence-electron chi connectivity index (χ0n) is 6.90. The van der Waals surface area contributed by atoms with Gasteiger partial charge in [-0.25, -0.2) is 9.78 Å². The Labute approximate surface area is 80.2 Å². The van der Waals surface area contributed by atoms with Crippen LogP contribution in [0.4, 0.5) is 0 Å². The summed E-state index contributed by atoms with van der Waals surface area (Å²) in [5.41, 5.74) is 0.512. The topological polar surface area (TPSA) is 52.1 Å². The van der Waals surface area contributed by atoms with E-state index in [0.29, 0.717) is 5.69 Å². The molecule has 0 aromatic carbocycles. The van der Waals surface area contributed by atoms with Crippen molar-refractivity contribution in [3.63, 3.8) is 0 Å². The van der Waals surface area contributed by atoms with Gasteiger partial charge < -0.3 is 4.74 Å². The maximum absolute atomic E-state index is 10.7. The lowest BCUT2D eigenvalue weighted by atomic mass is 10.4. The molecule has 0 N–H and O–H groups in total. The van der Waals surface area contributed by atoms with E-state index in [1.54, 1.807) is 0 Å². The highest BCUT2D eigenvalue weighted by Crippen LogP contribution is 2.03. The number of ether oxygens (including phenoxy) is 1. The first-order valence-corrected chi connectivity index (χ1v) is 3.84. The lowest BCUT2D eigenvalue weighted by Crippen LogP contribution is -1.94. The number of carbonyl (C=O) groups excluding carboxylic acids is 1. The number of nitrogens with zero attached hydrogens (tertiary/aromatic N) is 2. The number of aromatic nitrogens is 2. The highest BCUT2D eigenvalue weighted by Gasteiger charge is 1.94. The van der Waals surface area contributed by atoms with Crippen LogP contribution in [-0.4, -0.2) is 23.0 Å². The second-order valence-corrected chi connectivity index (χ2v) is 2.51. The van der Waals surface area contributed by atoms with Crippen LogP contribution in [-0.2, 0) is 9.53 Å². The molecule has 0 radical (unpaired) electrons. The summed E-state index contributed by atoms with van der Waals surface area (Å²) >= 11 is 5.57. The number of hydrogen-bond acceptors (Lipinski definition) is 4. The fraction of sp³-hybridized carbons (Fsp3) is 0.125. The molecule has 0 spiro atoms. The molecule has 1 rings (SSSR count). The van der Waals surface area contributed by atoms with Crippen molar-refractivity contribution < 1.29 is 9.53 Å². The van der Waals surface area contributed by atoms with E-state index in [1.807, 2.05) is 0 Å². The maximum atomic E-state index is 10.7. The Morgan fingerprint density at radius 3 is 3.00 bits per heavy atom. The van der Waals surface area contributed by atoms with Crippen LogP contribution in [0, 0.1) is 0 Å². The molecule has 0 aliphatic carbocycles. The van der Waals surface area contributed by atoms with Crippen molar-refractivity contribution in [2.75, 3.05) is 7.11 Å². The molecule has 0 aliphatic rings. The first-order chi connectivity index (χ1) is 6.22. The van der Waals surface area contributed by atoms with E-state index in [4.69, 9.17) is 11.6 Å². The minimum atomic E-state index is -0.443. The monoisotopic (exact) mass is 198 g/mol. The Kier molecular flexibility index (Phi) is 3.40. The maximum Gasteiger partial charge on any atom is 0.330 e. The summed E-state index contributed by atoms with van der Waals surface area (Å²) in [4.78, 5) is 18.4. The van der Waals surface area contributed by atoms with Crippen LogP contribution in [0.5, 0.6) is 0 Å². The number of rotatable bonds is 2. The Morgan fingerprint density at radius 2 is 2.38 bits per heavy atom. The molecule has 0 saturated heterocycles. The van der Waals surface area contributed by atoms with Crippen molar-refractivity contribution >= 4 is 23.6 Å². The van der Waals surface area contributed by atoms with Crippen LogP contribution < -0.4 is 0 Å². The van der Waals surface area contributed by atoms with Crippen molar-refractivity contribution in [2.24, 2.45) is 0 Å². The van der Waals surface area contributed by atoms with Gasteiger partial charge in [-0.3, -0.25) is 4.98 Å². The third-order valence-corrected chi connectivity index (χ3v) is 1.40. The quantitative estimate of drug-likeness (QED) is 0.531. The summed E-state index contributed by atoms with van der Waals surface area (Å²) < 4.78 is 4.40. The van der Waals surface area contributed by atoms with E-state index in [-0.39, 0.29) is 5.15 Å². The highest BCUT2D eigenvalue weighted by atomic mass is 35.5. The van der Waals surface area contributed by atoms with Crippen molar-refractivity contribution in [3.05, 3.63) is 29.3 Å². The summed E-state index contributed by atoms with van der Waals surface area (Å²) in [5.74, 6) is -0.443. The summed E-state index contributed by atoms with van der Waals surface area (Å²) in [6.45, 7) is 0. The Hall–Kier alpha value is -1.42. The van der Waals surface area contributed by atoms with E-state index in [9.17, 15) is 4.79 Å². The second-order valence-electron chi connectivity index (χ2n) is 2.12. The van der Waals surface area contributed by atoms with Gasteiger partial charge in [-0.2, -0.15) is 0 Å².